The molecular weight excluding hydrogens is 450 g/mol. The Labute approximate surface area is 170 Å². The average molecular weight is 476 g/mol. The zero-order chi connectivity index (χ0) is 17.7. The van der Waals surface area contributed by atoms with Gasteiger partial charge in [0.25, 0.3) is 0 Å². The van der Waals surface area contributed by atoms with Crippen molar-refractivity contribution in [2.75, 3.05) is 20.6 Å². The van der Waals surface area contributed by atoms with E-state index in [0.29, 0.717) is 13.1 Å². The van der Waals surface area contributed by atoms with Gasteiger partial charge in [-0.2, -0.15) is 0 Å². The molecule has 2 rings (SSSR count). The molecule has 0 fully saturated rings. The summed E-state index contributed by atoms with van der Waals surface area (Å²) in [4.78, 5) is 10.9. The molecule has 138 valence electrons. The molecule has 1 N–H and O–H groups in total. The molecule has 1 aromatic heterocycles. The molecule has 0 saturated heterocycles. The summed E-state index contributed by atoms with van der Waals surface area (Å²) in [5.74, 6) is 0.589. The SMILES string of the molecule is CN=C(NCC(C)(C)c1cccc(F)c1)N(C)Cc1csc(C)n1.I. The van der Waals surface area contributed by atoms with E-state index in [2.05, 4.69) is 34.5 Å². The van der Waals surface area contributed by atoms with Gasteiger partial charge in [-0.1, -0.05) is 26.0 Å². The van der Waals surface area contributed by atoms with E-state index in [9.17, 15) is 4.39 Å². The summed E-state index contributed by atoms with van der Waals surface area (Å²) >= 11 is 1.65. The number of rotatable bonds is 5. The molecule has 1 heterocycles. The van der Waals surface area contributed by atoms with Gasteiger partial charge in [-0.25, -0.2) is 9.37 Å². The third-order valence-electron chi connectivity index (χ3n) is 3.93. The van der Waals surface area contributed by atoms with Gasteiger partial charge in [0.2, 0.25) is 0 Å². The minimum atomic E-state index is -0.212. The summed E-state index contributed by atoms with van der Waals surface area (Å²) < 4.78 is 13.5. The molecule has 4 nitrogen and oxygen atoms in total. The van der Waals surface area contributed by atoms with E-state index in [1.807, 2.05) is 24.9 Å². The Hall–Kier alpha value is -1.22. The quantitative estimate of drug-likeness (QED) is 0.400. The molecule has 0 bridgehead atoms. The number of thiazole rings is 1. The van der Waals surface area contributed by atoms with Crippen molar-refractivity contribution in [2.45, 2.75) is 32.7 Å². The van der Waals surface area contributed by atoms with Crippen LogP contribution in [0, 0.1) is 12.7 Å². The van der Waals surface area contributed by atoms with Gasteiger partial charge in [-0.15, -0.1) is 35.3 Å². The van der Waals surface area contributed by atoms with Gasteiger partial charge in [-0.3, -0.25) is 4.99 Å². The number of aromatic nitrogens is 1. The second-order valence-corrected chi connectivity index (χ2v) is 7.57. The molecule has 0 unspecified atom stereocenters. The van der Waals surface area contributed by atoms with E-state index in [1.165, 1.54) is 6.07 Å². The van der Waals surface area contributed by atoms with Crippen LogP contribution in [0.15, 0.2) is 34.6 Å². The highest BCUT2D eigenvalue weighted by Gasteiger charge is 2.22. The standard InChI is InChI=1S/C18H25FN4S.HI/c1-13-22-16(11-24-13)10-23(5)17(20-4)21-12-18(2,3)14-7-6-8-15(19)9-14;/h6-9,11H,10,12H2,1-5H3,(H,20,21);1H. The van der Waals surface area contributed by atoms with Crippen LogP contribution in [0.4, 0.5) is 4.39 Å². The lowest BCUT2D eigenvalue weighted by atomic mass is 9.84. The Morgan fingerprint density at radius 3 is 2.68 bits per heavy atom. The number of hydrogen-bond acceptors (Lipinski definition) is 3. The van der Waals surface area contributed by atoms with Crippen molar-refractivity contribution in [1.82, 2.24) is 15.2 Å². The zero-order valence-electron chi connectivity index (χ0n) is 15.3. The second-order valence-electron chi connectivity index (χ2n) is 6.51. The minimum absolute atomic E-state index is 0. The molecule has 1 aromatic carbocycles. The average Bonchev–Trinajstić information content (AvgIpc) is 2.93. The van der Waals surface area contributed by atoms with E-state index in [4.69, 9.17) is 0 Å². The summed E-state index contributed by atoms with van der Waals surface area (Å²) in [5.41, 5.74) is 1.78. The lowest BCUT2D eigenvalue weighted by Crippen LogP contribution is -2.44. The number of guanidine groups is 1. The van der Waals surface area contributed by atoms with Crippen LogP contribution in [0.5, 0.6) is 0 Å². The predicted molar refractivity (Wildman–Crippen MR) is 115 cm³/mol. The van der Waals surface area contributed by atoms with Crippen molar-refractivity contribution >= 4 is 41.3 Å². The Morgan fingerprint density at radius 1 is 1.40 bits per heavy atom. The predicted octanol–water partition coefficient (Wildman–Crippen LogP) is 4.19. The van der Waals surface area contributed by atoms with Crippen molar-refractivity contribution < 1.29 is 4.39 Å². The molecule has 0 aliphatic heterocycles. The molecule has 2 aromatic rings. The summed E-state index contributed by atoms with van der Waals surface area (Å²) in [7, 11) is 3.75. The van der Waals surface area contributed by atoms with Crippen LogP contribution in [-0.4, -0.2) is 36.5 Å². The summed E-state index contributed by atoms with van der Waals surface area (Å²) in [5, 5.41) is 6.51. The Balaban J connectivity index is 0.00000312. The third kappa shape index (κ3) is 6.22. The lowest BCUT2D eigenvalue weighted by molar-refractivity contribution is 0.444. The highest BCUT2D eigenvalue weighted by Crippen LogP contribution is 2.23. The fraction of sp³-hybridized carbons (Fsp3) is 0.444. The number of nitrogens with zero attached hydrogens (tertiary/aromatic N) is 3. The van der Waals surface area contributed by atoms with Crippen molar-refractivity contribution in [3.05, 3.63) is 51.7 Å². The van der Waals surface area contributed by atoms with Crippen molar-refractivity contribution in [1.29, 1.82) is 0 Å². The van der Waals surface area contributed by atoms with Crippen LogP contribution < -0.4 is 5.32 Å². The van der Waals surface area contributed by atoms with Gasteiger partial charge in [0, 0.05) is 31.4 Å². The summed E-state index contributed by atoms with van der Waals surface area (Å²) in [6.07, 6.45) is 0. The largest absolute Gasteiger partial charge is 0.355 e. The molecule has 0 aliphatic rings. The molecule has 25 heavy (non-hydrogen) atoms. The summed E-state index contributed by atoms with van der Waals surface area (Å²) in [6.45, 7) is 7.54. The number of nitrogens with one attached hydrogen (secondary N) is 1. The maximum atomic E-state index is 13.5. The van der Waals surface area contributed by atoms with Gasteiger partial charge in [0.05, 0.1) is 17.2 Å². The van der Waals surface area contributed by atoms with E-state index >= 15 is 0 Å². The smallest absolute Gasteiger partial charge is 0.193 e. The van der Waals surface area contributed by atoms with Crippen LogP contribution in [-0.2, 0) is 12.0 Å². The number of aryl methyl sites for hydroxylation is 1. The molecule has 0 saturated carbocycles. The minimum Gasteiger partial charge on any atom is -0.355 e. The topological polar surface area (TPSA) is 40.5 Å². The van der Waals surface area contributed by atoms with Crippen molar-refractivity contribution in [3.63, 3.8) is 0 Å². The Bertz CT molecular complexity index is 715. The number of benzene rings is 1. The fourth-order valence-electron chi connectivity index (χ4n) is 2.50. The van der Waals surface area contributed by atoms with E-state index in [-0.39, 0.29) is 35.2 Å². The van der Waals surface area contributed by atoms with Crippen LogP contribution in [0.1, 0.15) is 30.1 Å². The zero-order valence-corrected chi connectivity index (χ0v) is 18.5. The van der Waals surface area contributed by atoms with Crippen LogP contribution in [0.2, 0.25) is 0 Å². The van der Waals surface area contributed by atoms with Gasteiger partial charge >= 0.3 is 0 Å². The maximum absolute atomic E-state index is 13.5. The first-order chi connectivity index (χ1) is 11.3. The monoisotopic (exact) mass is 476 g/mol. The molecule has 0 radical (unpaired) electrons. The van der Waals surface area contributed by atoms with Crippen molar-refractivity contribution in [2.24, 2.45) is 4.99 Å². The van der Waals surface area contributed by atoms with Crippen LogP contribution >= 0.6 is 35.3 Å². The number of halogens is 2. The maximum Gasteiger partial charge on any atom is 0.193 e. The highest BCUT2D eigenvalue weighted by molar-refractivity contribution is 14.0. The molecular formula is C18H26FIN4S. The lowest BCUT2D eigenvalue weighted by Gasteiger charge is -2.29. The molecule has 7 heteroatoms. The highest BCUT2D eigenvalue weighted by atomic mass is 127. The fourth-order valence-corrected chi connectivity index (χ4v) is 3.10. The van der Waals surface area contributed by atoms with Gasteiger partial charge < -0.3 is 10.2 Å². The van der Waals surface area contributed by atoms with Gasteiger partial charge in [0.1, 0.15) is 5.82 Å². The molecule has 0 atom stereocenters. The van der Waals surface area contributed by atoms with Gasteiger partial charge in [0.15, 0.2) is 5.96 Å². The molecule has 0 amide bonds. The Morgan fingerprint density at radius 2 is 2.12 bits per heavy atom. The van der Waals surface area contributed by atoms with Crippen molar-refractivity contribution in [3.8, 4) is 0 Å². The summed E-state index contributed by atoms with van der Waals surface area (Å²) in [6, 6.07) is 6.76. The van der Waals surface area contributed by atoms with E-state index in [1.54, 1.807) is 30.5 Å². The number of hydrogen-bond donors (Lipinski definition) is 1. The molecule has 0 spiro atoms. The molecule has 0 aliphatic carbocycles. The second kappa shape index (κ2) is 9.47. The van der Waals surface area contributed by atoms with Crippen LogP contribution in [0.25, 0.3) is 0 Å². The first kappa shape index (κ1) is 21.8. The Kier molecular flexibility index (Phi) is 8.27. The van der Waals surface area contributed by atoms with Crippen LogP contribution in [0.3, 0.4) is 0 Å². The van der Waals surface area contributed by atoms with E-state index < -0.39 is 0 Å². The normalized spacial score (nSPS) is 11.8. The number of aliphatic imine (C=N–C) groups is 1. The van der Waals surface area contributed by atoms with Gasteiger partial charge in [-0.05, 0) is 24.6 Å². The van der Waals surface area contributed by atoms with E-state index in [0.717, 1.165) is 22.2 Å². The first-order valence-corrected chi connectivity index (χ1v) is 8.78. The third-order valence-corrected chi connectivity index (χ3v) is 4.76. The first-order valence-electron chi connectivity index (χ1n) is 7.90.